The van der Waals surface area contributed by atoms with E-state index in [1.807, 2.05) is 30.3 Å². The largest absolute Gasteiger partial charge is 0.386 e. The van der Waals surface area contributed by atoms with E-state index in [4.69, 9.17) is 26.0 Å². The summed E-state index contributed by atoms with van der Waals surface area (Å²) in [7, 11) is -4.37. The standard InChI is InChI=1S/C22H29N8O7PS/c23-13(9-39-8-12-4-2-1-3-5-12)20(32)29-14-16(31)22(30-11-28-15-18(24)26-10-27-19(15)30)37-17(14)21(33)25-6-7-38(34,35)36/h1-5,10-11,13-14,16-17,22,31H,6-9,23H2,(H,25,33)(H,29,32)(H2,24,26,27)(H2,34,35,36). The van der Waals surface area contributed by atoms with Gasteiger partial charge in [-0.25, -0.2) is 15.0 Å². The zero-order chi connectivity index (χ0) is 28.2. The first-order valence-electron chi connectivity index (χ1n) is 11.8. The first-order valence-corrected chi connectivity index (χ1v) is 14.8. The number of nitrogens with one attached hydrogen (secondary N) is 2. The lowest BCUT2D eigenvalue weighted by Gasteiger charge is -2.23. The Bertz CT molecular complexity index is 1360. The molecule has 1 saturated heterocycles. The lowest BCUT2D eigenvalue weighted by Crippen LogP contribution is -2.56. The van der Waals surface area contributed by atoms with Crippen LogP contribution in [0.15, 0.2) is 43.0 Å². The number of amides is 2. The Balaban J connectivity index is 1.48. The average Bonchev–Trinajstić information content (AvgIpc) is 3.46. The number of anilines is 1. The van der Waals surface area contributed by atoms with E-state index >= 15 is 0 Å². The fourth-order valence-corrected chi connectivity index (χ4v) is 5.35. The summed E-state index contributed by atoms with van der Waals surface area (Å²) >= 11 is 1.45. The number of aromatic nitrogens is 4. The van der Waals surface area contributed by atoms with Crippen molar-refractivity contribution in [3.05, 3.63) is 48.5 Å². The number of aliphatic hydroxyl groups is 1. The third-order valence-corrected chi connectivity index (χ3v) is 7.89. The summed E-state index contributed by atoms with van der Waals surface area (Å²) in [6.45, 7) is -0.349. The number of fused-ring (bicyclic) bond motifs is 1. The van der Waals surface area contributed by atoms with Crippen molar-refractivity contribution in [2.24, 2.45) is 5.73 Å². The number of carbonyl (C=O) groups is 2. The van der Waals surface area contributed by atoms with Gasteiger partial charge in [0, 0.05) is 18.1 Å². The molecular formula is C22H29N8O7PS. The SMILES string of the molecule is Nc1ncnc2c1ncn2C1OC(C(=O)NCCP(=O)(O)O)C(NC(=O)C(N)CSCc2ccccc2)C1O. The highest BCUT2D eigenvalue weighted by molar-refractivity contribution is 7.98. The molecule has 1 aliphatic heterocycles. The highest BCUT2D eigenvalue weighted by atomic mass is 32.2. The molecule has 0 aliphatic carbocycles. The van der Waals surface area contributed by atoms with E-state index in [2.05, 4.69) is 25.6 Å². The van der Waals surface area contributed by atoms with Crippen molar-refractivity contribution >= 4 is 48.2 Å². The smallest absolute Gasteiger partial charge is 0.327 e. The lowest BCUT2D eigenvalue weighted by molar-refractivity contribution is -0.135. The van der Waals surface area contributed by atoms with Crippen molar-refractivity contribution in [3.63, 3.8) is 0 Å². The van der Waals surface area contributed by atoms with Crippen LogP contribution in [-0.4, -0.2) is 89.0 Å². The highest BCUT2D eigenvalue weighted by Crippen LogP contribution is 2.34. The quantitative estimate of drug-likeness (QED) is 0.131. The van der Waals surface area contributed by atoms with E-state index in [9.17, 15) is 19.3 Å². The summed E-state index contributed by atoms with van der Waals surface area (Å²) in [6.07, 6.45) is -2.18. The molecule has 2 amide bonds. The fraction of sp³-hybridized carbons (Fsp3) is 0.409. The molecule has 0 spiro atoms. The number of nitrogen functional groups attached to an aromatic ring is 1. The van der Waals surface area contributed by atoms with E-state index in [-0.39, 0.29) is 29.3 Å². The first-order chi connectivity index (χ1) is 18.5. The van der Waals surface area contributed by atoms with E-state index in [0.29, 0.717) is 5.75 Å². The maximum atomic E-state index is 12.9. The van der Waals surface area contributed by atoms with Gasteiger partial charge < -0.3 is 41.7 Å². The van der Waals surface area contributed by atoms with Crippen LogP contribution in [0.25, 0.3) is 11.2 Å². The number of nitrogens with zero attached hydrogens (tertiary/aromatic N) is 4. The van der Waals surface area contributed by atoms with Crippen LogP contribution in [0.1, 0.15) is 11.8 Å². The second-order valence-electron chi connectivity index (χ2n) is 8.84. The Morgan fingerprint density at radius 2 is 1.95 bits per heavy atom. The van der Waals surface area contributed by atoms with Crippen molar-refractivity contribution in [2.75, 3.05) is 24.2 Å². The molecule has 1 fully saturated rings. The molecule has 0 bridgehead atoms. The summed E-state index contributed by atoms with van der Waals surface area (Å²) in [5, 5.41) is 16.1. The number of rotatable bonds is 11. The van der Waals surface area contributed by atoms with Gasteiger partial charge in [0.2, 0.25) is 5.91 Å². The van der Waals surface area contributed by atoms with E-state index in [0.717, 1.165) is 5.56 Å². The van der Waals surface area contributed by atoms with Crippen LogP contribution >= 0.6 is 19.4 Å². The van der Waals surface area contributed by atoms with Gasteiger partial charge in [-0.1, -0.05) is 30.3 Å². The Morgan fingerprint density at radius 3 is 2.67 bits per heavy atom. The summed E-state index contributed by atoms with van der Waals surface area (Å²) < 4.78 is 18.4. The van der Waals surface area contributed by atoms with Crippen LogP contribution in [0.3, 0.4) is 0 Å². The maximum absolute atomic E-state index is 12.9. The van der Waals surface area contributed by atoms with Gasteiger partial charge in [-0.15, -0.1) is 0 Å². The van der Waals surface area contributed by atoms with Gasteiger partial charge in [-0.05, 0) is 5.56 Å². The van der Waals surface area contributed by atoms with Crippen molar-refractivity contribution in [1.82, 2.24) is 30.2 Å². The molecule has 17 heteroatoms. The van der Waals surface area contributed by atoms with Gasteiger partial charge in [-0.3, -0.25) is 18.7 Å². The third kappa shape index (κ3) is 7.10. The summed E-state index contributed by atoms with van der Waals surface area (Å²) in [5.74, 6) is -0.390. The summed E-state index contributed by atoms with van der Waals surface area (Å²) in [6, 6.07) is 7.44. The zero-order valence-electron chi connectivity index (χ0n) is 20.5. The van der Waals surface area contributed by atoms with Crippen molar-refractivity contribution in [1.29, 1.82) is 0 Å². The number of thioether (sulfide) groups is 1. The van der Waals surface area contributed by atoms with E-state index in [1.54, 1.807) is 0 Å². The maximum Gasteiger partial charge on any atom is 0.327 e. The van der Waals surface area contributed by atoms with Gasteiger partial charge >= 0.3 is 7.60 Å². The predicted octanol–water partition coefficient (Wildman–Crippen LogP) is -1.29. The molecule has 15 nitrogen and oxygen atoms in total. The van der Waals surface area contributed by atoms with Crippen LogP contribution < -0.4 is 22.1 Å². The number of imidazole rings is 1. The van der Waals surface area contributed by atoms with Gasteiger partial charge in [0.05, 0.1) is 24.6 Å². The molecule has 1 aliphatic rings. The van der Waals surface area contributed by atoms with Crippen LogP contribution in [0.2, 0.25) is 0 Å². The Morgan fingerprint density at radius 1 is 1.21 bits per heavy atom. The second-order valence-corrected chi connectivity index (χ2v) is 11.6. The van der Waals surface area contributed by atoms with Gasteiger partial charge in [0.1, 0.15) is 17.9 Å². The van der Waals surface area contributed by atoms with Gasteiger partial charge in [-0.2, -0.15) is 11.8 Å². The Kier molecular flexibility index (Phi) is 9.17. The Labute approximate surface area is 226 Å². The molecule has 3 heterocycles. The van der Waals surface area contributed by atoms with Crippen LogP contribution in [-0.2, 0) is 24.6 Å². The minimum atomic E-state index is -4.37. The number of hydrogen-bond donors (Lipinski definition) is 7. The van der Waals surface area contributed by atoms with Crippen LogP contribution in [0.5, 0.6) is 0 Å². The molecule has 3 aromatic rings. The van der Waals surface area contributed by atoms with Crippen molar-refractivity contribution in [2.45, 2.75) is 36.3 Å². The number of nitrogens with two attached hydrogens (primary N) is 2. The summed E-state index contributed by atoms with van der Waals surface area (Å²) in [5.41, 5.74) is 13.5. The molecule has 39 heavy (non-hydrogen) atoms. The third-order valence-electron chi connectivity index (χ3n) is 5.95. The minimum Gasteiger partial charge on any atom is -0.386 e. The fourth-order valence-electron chi connectivity index (χ4n) is 3.99. The van der Waals surface area contributed by atoms with Gasteiger partial charge in [0.15, 0.2) is 23.8 Å². The molecule has 9 N–H and O–H groups in total. The zero-order valence-corrected chi connectivity index (χ0v) is 22.2. The number of hydrogen-bond acceptors (Lipinski definition) is 11. The highest BCUT2D eigenvalue weighted by Gasteiger charge is 2.49. The van der Waals surface area contributed by atoms with Crippen molar-refractivity contribution < 1.29 is 33.8 Å². The van der Waals surface area contributed by atoms with Gasteiger partial charge in [0.25, 0.3) is 5.91 Å². The molecule has 0 radical (unpaired) electrons. The average molecular weight is 581 g/mol. The number of carbonyl (C=O) groups excluding carboxylic acids is 2. The number of aliphatic hydroxyl groups excluding tert-OH is 1. The molecule has 0 saturated carbocycles. The van der Waals surface area contributed by atoms with Crippen LogP contribution in [0, 0.1) is 0 Å². The number of benzene rings is 1. The molecule has 210 valence electrons. The Hall–Kier alpha value is -3.11. The predicted molar refractivity (Wildman–Crippen MR) is 142 cm³/mol. The molecule has 5 unspecified atom stereocenters. The monoisotopic (exact) mass is 580 g/mol. The molecule has 4 rings (SSSR count). The molecular weight excluding hydrogens is 551 g/mol. The lowest BCUT2D eigenvalue weighted by atomic mass is 10.1. The minimum absolute atomic E-state index is 0.0989. The second kappa shape index (κ2) is 12.4. The first kappa shape index (κ1) is 28.9. The topological polar surface area (TPSA) is 241 Å². The van der Waals surface area contributed by atoms with E-state index < -0.39 is 56.1 Å². The van der Waals surface area contributed by atoms with E-state index in [1.165, 1.54) is 29.0 Å². The normalized spacial score (nSPS) is 22.1. The molecule has 2 aromatic heterocycles. The van der Waals surface area contributed by atoms with Crippen LogP contribution in [0.4, 0.5) is 5.82 Å². The summed E-state index contributed by atoms with van der Waals surface area (Å²) in [4.78, 5) is 56.2. The molecule has 1 aromatic carbocycles. The number of ether oxygens (including phenoxy) is 1. The van der Waals surface area contributed by atoms with Crippen molar-refractivity contribution in [3.8, 4) is 0 Å². The molecule has 5 atom stereocenters.